The SMILES string of the molecule is CC(=O)Oc1c(OCCCCOCC(C)(C)C)c(OCCCCOCC(C)(C)C)cc2ccc(Cl)cc12. The molecule has 0 aliphatic rings. The number of halogens is 1. The molecular formula is C30H45ClO6. The van der Waals surface area contributed by atoms with Gasteiger partial charge >= 0.3 is 5.97 Å². The van der Waals surface area contributed by atoms with E-state index in [1.54, 1.807) is 12.1 Å². The van der Waals surface area contributed by atoms with E-state index in [2.05, 4.69) is 41.5 Å². The van der Waals surface area contributed by atoms with Gasteiger partial charge in [-0.2, -0.15) is 0 Å². The maximum Gasteiger partial charge on any atom is 0.308 e. The van der Waals surface area contributed by atoms with Gasteiger partial charge < -0.3 is 23.7 Å². The minimum Gasteiger partial charge on any atom is -0.490 e. The van der Waals surface area contributed by atoms with Crippen LogP contribution in [0.1, 0.15) is 74.1 Å². The van der Waals surface area contributed by atoms with Crippen LogP contribution in [0.15, 0.2) is 24.3 Å². The van der Waals surface area contributed by atoms with Crippen molar-refractivity contribution in [3.8, 4) is 17.2 Å². The third-order valence-electron chi connectivity index (χ3n) is 5.16. The van der Waals surface area contributed by atoms with Gasteiger partial charge in [-0.25, -0.2) is 0 Å². The number of ether oxygens (including phenoxy) is 5. The summed E-state index contributed by atoms with van der Waals surface area (Å²) in [6, 6.07) is 7.37. The van der Waals surface area contributed by atoms with Crippen LogP contribution in [-0.2, 0) is 14.3 Å². The van der Waals surface area contributed by atoms with Crippen LogP contribution >= 0.6 is 11.6 Å². The van der Waals surface area contributed by atoms with Gasteiger partial charge in [0.05, 0.1) is 26.4 Å². The second-order valence-electron chi connectivity index (χ2n) is 11.8. The molecule has 0 spiro atoms. The van der Waals surface area contributed by atoms with Crippen molar-refractivity contribution in [1.29, 1.82) is 0 Å². The minimum absolute atomic E-state index is 0.146. The Bertz CT molecular complexity index is 990. The van der Waals surface area contributed by atoms with E-state index in [0.717, 1.165) is 44.3 Å². The molecule has 0 bridgehead atoms. The lowest BCUT2D eigenvalue weighted by atomic mass is 9.99. The Morgan fingerprint density at radius 2 is 1.30 bits per heavy atom. The lowest BCUT2D eigenvalue weighted by molar-refractivity contribution is -0.131. The first-order valence-electron chi connectivity index (χ1n) is 13.2. The third-order valence-corrected chi connectivity index (χ3v) is 5.40. The molecule has 2 rings (SSSR count). The molecule has 0 saturated carbocycles. The van der Waals surface area contributed by atoms with Crippen molar-refractivity contribution >= 4 is 28.3 Å². The first-order chi connectivity index (χ1) is 17.4. The average Bonchev–Trinajstić information content (AvgIpc) is 2.77. The first kappa shape index (κ1) is 31.2. The van der Waals surface area contributed by atoms with Crippen molar-refractivity contribution in [1.82, 2.24) is 0 Å². The lowest BCUT2D eigenvalue weighted by Crippen LogP contribution is -2.15. The zero-order chi connectivity index (χ0) is 27.5. The fraction of sp³-hybridized carbons (Fsp3) is 0.633. The van der Waals surface area contributed by atoms with Gasteiger partial charge in [-0.3, -0.25) is 4.79 Å². The first-order valence-corrected chi connectivity index (χ1v) is 13.6. The van der Waals surface area contributed by atoms with E-state index in [1.165, 1.54) is 6.92 Å². The predicted molar refractivity (Wildman–Crippen MR) is 150 cm³/mol. The number of rotatable bonds is 15. The molecule has 0 heterocycles. The molecule has 6 nitrogen and oxygen atoms in total. The molecule has 37 heavy (non-hydrogen) atoms. The van der Waals surface area contributed by atoms with Crippen LogP contribution in [0.5, 0.6) is 17.2 Å². The van der Waals surface area contributed by atoms with Crippen LogP contribution in [0.25, 0.3) is 10.8 Å². The maximum atomic E-state index is 12.0. The van der Waals surface area contributed by atoms with Gasteiger partial charge in [0.2, 0.25) is 5.75 Å². The molecule has 7 heteroatoms. The molecule has 0 radical (unpaired) electrons. The summed E-state index contributed by atoms with van der Waals surface area (Å²) in [7, 11) is 0. The minimum atomic E-state index is -0.435. The number of fused-ring (bicyclic) bond motifs is 1. The van der Waals surface area contributed by atoms with Crippen LogP contribution in [0.3, 0.4) is 0 Å². The fourth-order valence-electron chi connectivity index (χ4n) is 3.51. The van der Waals surface area contributed by atoms with Crippen LogP contribution in [0, 0.1) is 10.8 Å². The van der Waals surface area contributed by atoms with Crippen molar-refractivity contribution in [2.45, 2.75) is 74.1 Å². The summed E-state index contributed by atoms with van der Waals surface area (Å²) in [6.07, 6.45) is 3.38. The van der Waals surface area contributed by atoms with Crippen molar-refractivity contribution in [2.75, 3.05) is 39.6 Å². The summed E-state index contributed by atoms with van der Waals surface area (Å²) >= 11 is 6.26. The molecule has 0 aliphatic carbocycles. The number of benzene rings is 2. The number of hydrogen-bond acceptors (Lipinski definition) is 6. The number of carbonyl (C=O) groups excluding carboxylic acids is 1. The van der Waals surface area contributed by atoms with E-state index in [9.17, 15) is 4.79 Å². The third kappa shape index (κ3) is 12.4. The van der Waals surface area contributed by atoms with E-state index >= 15 is 0 Å². The summed E-state index contributed by atoms with van der Waals surface area (Å²) in [6.45, 7) is 18.0. The maximum absolute atomic E-state index is 12.0. The Morgan fingerprint density at radius 1 is 0.757 bits per heavy atom. The molecule has 0 aromatic heterocycles. The molecule has 0 aliphatic heterocycles. The molecule has 0 fully saturated rings. The topological polar surface area (TPSA) is 63.2 Å². The van der Waals surface area contributed by atoms with E-state index in [-0.39, 0.29) is 10.8 Å². The van der Waals surface area contributed by atoms with Gasteiger partial charge in [0.25, 0.3) is 0 Å². The quantitative estimate of drug-likeness (QED) is 0.131. The number of carbonyl (C=O) groups is 1. The van der Waals surface area contributed by atoms with Crippen molar-refractivity contribution < 1.29 is 28.5 Å². The molecular weight excluding hydrogens is 492 g/mol. The lowest BCUT2D eigenvalue weighted by Gasteiger charge is -2.19. The Morgan fingerprint density at radius 3 is 1.84 bits per heavy atom. The Kier molecular flexibility index (Phi) is 12.5. The number of unbranched alkanes of at least 4 members (excludes halogenated alkanes) is 2. The molecule has 208 valence electrons. The summed E-state index contributed by atoms with van der Waals surface area (Å²) < 4.78 is 29.5. The zero-order valence-electron chi connectivity index (χ0n) is 23.7. The van der Waals surface area contributed by atoms with Crippen molar-refractivity contribution in [2.24, 2.45) is 10.8 Å². The number of hydrogen-bond donors (Lipinski definition) is 0. The average molecular weight is 537 g/mol. The Balaban J connectivity index is 2.09. The highest BCUT2D eigenvalue weighted by Gasteiger charge is 2.20. The van der Waals surface area contributed by atoms with Crippen LogP contribution in [0.2, 0.25) is 5.02 Å². The van der Waals surface area contributed by atoms with Gasteiger partial charge in [-0.1, -0.05) is 59.2 Å². The molecule has 0 amide bonds. The second kappa shape index (κ2) is 14.8. The van der Waals surface area contributed by atoms with E-state index in [0.29, 0.717) is 54.1 Å². The van der Waals surface area contributed by atoms with Crippen molar-refractivity contribution in [3.05, 3.63) is 29.3 Å². The largest absolute Gasteiger partial charge is 0.490 e. The van der Waals surface area contributed by atoms with Crippen molar-refractivity contribution in [3.63, 3.8) is 0 Å². The fourth-order valence-corrected chi connectivity index (χ4v) is 3.68. The van der Waals surface area contributed by atoms with Gasteiger partial charge in [0.15, 0.2) is 11.5 Å². The van der Waals surface area contributed by atoms with Crippen LogP contribution < -0.4 is 14.2 Å². The van der Waals surface area contributed by atoms with Gasteiger partial charge in [-0.05, 0) is 60.1 Å². The summed E-state index contributed by atoms with van der Waals surface area (Å²) in [4.78, 5) is 12.0. The molecule has 2 aromatic rings. The molecule has 0 N–H and O–H groups in total. The Hall–Kier alpha value is -2.02. The van der Waals surface area contributed by atoms with Gasteiger partial charge in [0.1, 0.15) is 0 Å². The highest BCUT2D eigenvalue weighted by Crippen LogP contribution is 2.45. The van der Waals surface area contributed by atoms with E-state index in [1.807, 2.05) is 12.1 Å². The standard InChI is InChI=1S/C30H45ClO6/c1-22(32)37-27-25-19-24(31)13-12-23(25)18-26(35-16-10-8-14-33-20-29(2,3)4)28(27)36-17-11-9-15-34-21-30(5,6)7/h12-13,18-19H,8-11,14-17,20-21H2,1-7H3. The van der Waals surface area contributed by atoms with Crippen LogP contribution in [-0.4, -0.2) is 45.6 Å². The smallest absolute Gasteiger partial charge is 0.308 e. The van der Waals surface area contributed by atoms with Gasteiger partial charge in [0, 0.05) is 30.5 Å². The second-order valence-corrected chi connectivity index (χ2v) is 12.3. The normalized spacial score (nSPS) is 12.1. The summed E-state index contributed by atoms with van der Waals surface area (Å²) in [5.41, 5.74) is 0.301. The Labute approximate surface area is 227 Å². The van der Waals surface area contributed by atoms with E-state index in [4.69, 9.17) is 35.3 Å². The molecule has 0 saturated heterocycles. The molecule has 2 aromatic carbocycles. The van der Waals surface area contributed by atoms with E-state index < -0.39 is 5.97 Å². The monoisotopic (exact) mass is 536 g/mol. The number of esters is 1. The highest BCUT2D eigenvalue weighted by atomic mass is 35.5. The zero-order valence-corrected chi connectivity index (χ0v) is 24.5. The molecule has 0 atom stereocenters. The summed E-state index contributed by atoms with van der Waals surface area (Å²) in [5, 5.41) is 2.10. The molecule has 0 unspecified atom stereocenters. The summed E-state index contributed by atoms with van der Waals surface area (Å²) in [5.74, 6) is 0.866. The predicted octanol–water partition coefficient (Wildman–Crippen LogP) is 7.86. The van der Waals surface area contributed by atoms with Crippen LogP contribution in [0.4, 0.5) is 0 Å². The van der Waals surface area contributed by atoms with Gasteiger partial charge in [-0.15, -0.1) is 0 Å². The highest BCUT2D eigenvalue weighted by molar-refractivity contribution is 6.31.